The number of nitrogens with zero attached hydrogens (tertiary/aromatic N) is 1. The van der Waals surface area contributed by atoms with Crippen LogP contribution in [-0.4, -0.2) is 74.3 Å². The minimum Gasteiger partial charge on any atom is -0.456 e. The van der Waals surface area contributed by atoms with Gasteiger partial charge in [0.05, 0.1) is 33.8 Å². The highest BCUT2D eigenvalue weighted by Crippen LogP contribution is 2.43. The number of nitrogens with one attached hydrogen (secondary N) is 1. The largest absolute Gasteiger partial charge is 0.472 e. The van der Waals surface area contributed by atoms with Gasteiger partial charge in [0.25, 0.3) is 0 Å². The number of carbonyl (C=O) groups excluding carboxylic acids is 2. The molecular formula is C64H128N2O7P+. The summed E-state index contributed by atoms with van der Waals surface area (Å²) in [4.78, 5) is 37.7. The Kier molecular flexibility index (Phi) is 54.1. The quantitative estimate of drug-likeness (QED) is 0.0205. The second-order valence-electron chi connectivity index (χ2n) is 23.7. The molecule has 74 heavy (non-hydrogen) atoms. The van der Waals surface area contributed by atoms with Crippen molar-refractivity contribution in [3.05, 3.63) is 12.2 Å². The number of esters is 1. The molecule has 1 amide bonds. The van der Waals surface area contributed by atoms with E-state index in [1.54, 1.807) is 0 Å². The number of allylic oxidation sites excluding steroid dienone is 1. The first-order valence-electron chi connectivity index (χ1n) is 32.5. The van der Waals surface area contributed by atoms with E-state index in [0.717, 1.165) is 57.8 Å². The molecule has 0 heterocycles. The number of unbranched alkanes of at least 4 members (excludes halogenated alkanes) is 44. The number of phosphoric ester groups is 1. The van der Waals surface area contributed by atoms with E-state index in [0.29, 0.717) is 23.9 Å². The number of ether oxygens (including phenoxy) is 1. The van der Waals surface area contributed by atoms with Crippen molar-refractivity contribution in [3.63, 3.8) is 0 Å². The topological polar surface area (TPSA) is 111 Å². The van der Waals surface area contributed by atoms with Crippen LogP contribution in [0.25, 0.3) is 0 Å². The first-order chi connectivity index (χ1) is 35.9. The maximum atomic E-state index is 13.5. The summed E-state index contributed by atoms with van der Waals surface area (Å²) in [5.41, 5.74) is 0. The third-order valence-electron chi connectivity index (χ3n) is 15.0. The van der Waals surface area contributed by atoms with Crippen LogP contribution in [0.5, 0.6) is 0 Å². The van der Waals surface area contributed by atoms with Crippen molar-refractivity contribution in [1.82, 2.24) is 5.32 Å². The molecule has 2 N–H and O–H groups in total. The second-order valence-corrected chi connectivity index (χ2v) is 25.1. The van der Waals surface area contributed by atoms with E-state index in [9.17, 15) is 19.0 Å². The maximum Gasteiger partial charge on any atom is 0.472 e. The van der Waals surface area contributed by atoms with Gasteiger partial charge >= 0.3 is 13.8 Å². The van der Waals surface area contributed by atoms with E-state index >= 15 is 0 Å². The van der Waals surface area contributed by atoms with Crippen molar-refractivity contribution < 1.29 is 37.3 Å². The van der Waals surface area contributed by atoms with E-state index < -0.39 is 20.0 Å². The molecular weight excluding hydrogens is 940 g/mol. The van der Waals surface area contributed by atoms with Crippen molar-refractivity contribution in [2.45, 2.75) is 348 Å². The van der Waals surface area contributed by atoms with Crippen LogP contribution in [0.15, 0.2) is 12.2 Å². The standard InChI is InChI=1S/C64H127N2O7P/c1-7-10-13-16-19-22-25-27-29-31-32-33-34-35-37-39-42-45-48-51-54-57-64(68)73-62(55-52-49-46-43-40-24-21-18-15-12-9-3)61(60-72-74(69,70)71-59-58-66(4,5)6)65-63(67)56-53-50-47-44-41-38-36-30-28-26-23-20-17-14-11-8-2/h52,55,61-62H,7-51,53-54,56-60H2,1-6H3,(H-,65,67,69,70)/p+1/b55-52+. The summed E-state index contributed by atoms with van der Waals surface area (Å²) in [5, 5.41) is 3.07. The summed E-state index contributed by atoms with van der Waals surface area (Å²) in [6.07, 6.45) is 63.5. The SMILES string of the molecule is CCCCCCCCCCC/C=C/C(OC(=O)CCCCCCCCCCCCCCCCCCCCCCC)C(COP(=O)(O)OCC[N+](C)(C)C)NC(=O)CCCCCCCCCCCCCCCCCC. The fourth-order valence-corrected chi connectivity index (χ4v) is 10.7. The lowest BCUT2D eigenvalue weighted by Crippen LogP contribution is -2.47. The van der Waals surface area contributed by atoms with Crippen molar-refractivity contribution in [2.75, 3.05) is 40.9 Å². The molecule has 3 atom stereocenters. The third kappa shape index (κ3) is 55.5. The Bertz CT molecular complexity index is 1270. The molecule has 0 rings (SSSR count). The van der Waals surface area contributed by atoms with E-state index in [2.05, 4.69) is 26.1 Å². The summed E-state index contributed by atoms with van der Waals surface area (Å²) in [6.45, 7) is 7.07. The van der Waals surface area contributed by atoms with Gasteiger partial charge in [0.1, 0.15) is 19.3 Å². The van der Waals surface area contributed by atoms with Crippen molar-refractivity contribution in [1.29, 1.82) is 0 Å². The fraction of sp³-hybridized carbons (Fsp3) is 0.938. The van der Waals surface area contributed by atoms with Gasteiger partial charge in [-0.05, 0) is 31.8 Å². The normalized spacial score (nSPS) is 13.7. The van der Waals surface area contributed by atoms with Crippen molar-refractivity contribution >= 4 is 19.7 Å². The van der Waals surface area contributed by atoms with Gasteiger partial charge in [-0.25, -0.2) is 4.57 Å². The van der Waals surface area contributed by atoms with Crippen molar-refractivity contribution in [2.24, 2.45) is 0 Å². The molecule has 0 aliphatic rings. The number of amides is 1. The lowest BCUT2D eigenvalue weighted by atomic mass is 10.0. The zero-order valence-corrected chi connectivity index (χ0v) is 51.3. The lowest BCUT2D eigenvalue weighted by molar-refractivity contribution is -0.870. The van der Waals surface area contributed by atoms with Crippen LogP contribution in [0.4, 0.5) is 0 Å². The minimum atomic E-state index is -4.44. The average molecular weight is 1070 g/mol. The molecule has 0 aromatic rings. The molecule has 0 saturated carbocycles. The molecule has 0 radical (unpaired) electrons. The molecule has 0 saturated heterocycles. The van der Waals surface area contributed by atoms with E-state index in [1.807, 2.05) is 33.3 Å². The number of rotatable bonds is 60. The molecule has 440 valence electrons. The van der Waals surface area contributed by atoms with Gasteiger partial charge in [-0.15, -0.1) is 0 Å². The highest BCUT2D eigenvalue weighted by molar-refractivity contribution is 7.47. The van der Waals surface area contributed by atoms with Crippen LogP contribution in [0.2, 0.25) is 0 Å². The van der Waals surface area contributed by atoms with Crippen LogP contribution in [0.1, 0.15) is 335 Å². The van der Waals surface area contributed by atoms with Crippen LogP contribution >= 0.6 is 7.82 Å². The molecule has 10 heteroatoms. The first kappa shape index (κ1) is 72.8. The molecule has 3 unspecified atom stereocenters. The maximum absolute atomic E-state index is 13.5. The first-order valence-corrected chi connectivity index (χ1v) is 34.0. The van der Waals surface area contributed by atoms with Gasteiger partial charge in [-0.2, -0.15) is 0 Å². The van der Waals surface area contributed by atoms with E-state index in [4.69, 9.17) is 13.8 Å². The summed E-state index contributed by atoms with van der Waals surface area (Å²) >= 11 is 0. The predicted octanol–water partition coefficient (Wildman–Crippen LogP) is 20.0. The van der Waals surface area contributed by atoms with Gasteiger partial charge in [0.2, 0.25) is 5.91 Å². The molecule has 0 bridgehead atoms. The molecule has 0 fully saturated rings. The zero-order valence-electron chi connectivity index (χ0n) is 50.4. The van der Waals surface area contributed by atoms with Gasteiger partial charge in [0, 0.05) is 12.8 Å². The number of quaternary nitrogens is 1. The number of hydrogen-bond donors (Lipinski definition) is 2. The third-order valence-corrected chi connectivity index (χ3v) is 16.0. The summed E-state index contributed by atoms with van der Waals surface area (Å²) in [5.74, 6) is -0.482. The van der Waals surface area contributed by atoms with Gasteiger partial charge in [-0.1, -0.05) is 303 Å². The Balaban J connectivity index is 5.10. The van der Waals surface area contributed by atoms with Crippen LogP contribution in [-0.2, 0) is 27.9 Å². The van der Waals surface area contributed by atoms with Gasteiger partial charge in [0.15, 0.2) is 0 Å². The van der Waals surface area contributed by atoms with Gasteiger partial charge < -0.3 is 19.4 Å². The van der Waals surface area contributed by atoms with Gasteiger partial charge in [-0.3, -0.25) is 18.6 Å². The second kappa shape index (κ2) is 55.1. The van der Waals surface area contributed by atoms with Crippen LogP contribution in [0.3, 0.4) is 0 Å². The highest BCUT2D eigenvalue weighted by Gasteiger charge is 2.30. The Morgan fingerprint density at radius 1 is 0.459 bits per heavy atom. The summed E-state index contributed by atoms with van der Waals surface area (Å²) in [6, 6.07) is -0.839. The molecule has 0 aliphatic carbocycles. The predicted molar refractivity (Wildman–Crippen MR) is 319 cm³/mol. The number of phosphoric acid groups is 1. The minimum absolute atomic E-state index is 0.0458. The molecule has 0 aromatic heterocycles. The van der Waals surface area contributed by atoms with E-state index in [-0.39, 0.29) is 25.1 Å². The van der Waals surface area contributed by atoms with E-state index in [1.165, 1.54) is 244 Å². The Morgan fingerprint density at radius 3 is 1.11 bits per heavy atom. The zero-order chi connectivity index (χ0) is 54.3. The Labute approximate surface area is 461 Å². The Morgan fingerprint density at radius 2 is 0.770 bits per heavy atom. The molecule has 9 nitrogen and oxygen atoms in total. The smallest absolute Gasteiger partial charge is 0.456 e. The molecule has 0 aromatic carbocycles. The highest BCUT2D eigenvalue weighted by atomic mass is 31.2. The molecule has 0 aliphatic heterocycles. The van der Waals surface area contributed by atoms with Crippen LogP contribution < -0.4 is 5.32 Å². The van der Waals surface area contributed by atoms with Crippen LogP contribution in [0, 0.1) is 0 Å². The lowest BCUT2D eigenvalue weighted by Gasteiger charge is -2.27. The number of carbonyl (C=O) groups is 2. The molecule has 0 spiro atoms. The fourth-order valence-electron chi connectivity index (χ4n) is 9.94. The number of likely N-dealkylation sites (N-methyl/N-ethyl adjacent to an activating group) is 1. The summed E-state index contributed by atoms with van der Waals surface area (Å²) in [7, 11) is 1.52. The Hall–Kier alpha value is -1.25. The monoisotopic (exact) mass is 1070 g/mol. The number of hydrogen-bond acceptors (Lipinski definition) is 6. The van der Waals surface area contributed by atoms with Crippen molar-refractivity contribution in [3.8, 4) is 0 Å². The average Bonchev–Trinajstić information content (AvgIpc) is 3.36. The summed E-state index contributed by atoms with van der Waals surface area (Å²) < 4.78 is 30.7.